The van der Waals surface area contributed by atoms with Crippen molar-refractivity contribution in [1.82, 2.24) is 0 Å². The van der Waals surface area contributed by atoms with Gasteiger partial charge in [0.25, 0.3) is 0 Å². The predicted octanol–water partition coefficient (Wildman–Crippen LogP) is 15.8. The van der Waals surface area contributed by atoms with Crippen LogP contribution in [0.2, 0.25) is 0 Å². The summed E-state index contributed by atoms with van der Waals surface area (Å²) in [6, 6.07) is 0. The Kier molecular flexibility index (Phi) is 41.8. The minimum Gasteiger partial charge on any atom is -0.462 e. The maximum absolute atomic E-state index is 12.7. The van der Waals surface area contributed by atoms with Crippen LogP contribution in [0.15, 0.2) is 0 Å². The summed E-state index contributed by atoms with van der Waals surface area (Å²) < 4.78 is 16.8. The van der Waals surface area contributed by atoms with Crippen molar-refractivity contribution in [2.24, 2.45) is 11.8 Å². The summed E-state index contributed by atoms with van der Waals surface area (Å²) in [5.74, 6) is 0.792. The molecule has 6 heteroatoms. The molecular formula is C50H96O6. The molecule has 0 bridgehead atoms. The van der Waals surface area contributed by atoms with Gasteiger partial charge in [0.05, 0.1) is 0 Å². The maximum atomic E-state index is 12.7. The number of carbonyl (C=O) groups is 3. The van der Waals surface area contributed by atoms with Gasteiger partial charge in [-0.2, -0.15) is 0 Å². The Balaban J connectivity index is 4.29. The van der Waals surface area contributed by atoms with E-state index in [2.05, 4.69) is 34.6 Å². The second-order valence-corrected chi connectivity index (χ2v) is 18.1. The number of esters is 3. The van der Waals surface area contributed by atoms with E-state index in [9.17, 15) is 14.4 Å². The highest BCUT2D eigenvalue weighted by Crippen LogP contribution is 2.17. The van der Waals surface area contributed by atoms with Crippen molar-refractivity contribution >= 4 is 17.9 Å². The van der Waals surface area contributed by atoms with Crippen LogP contribution in [0.1, 0.15) is 272 Å². The summed E-state index contributed by atoms with van der Waals surface area (Å²) >= 11 is 0. The molecule has 56 heavy (non-hydrogen) atoms. The Hall–Kier alpha value is -1.59. The molecule has 0 aromatic rings. The first-order valence-corrected chi connectivity index (χ1v) is 24.7. The van der Waals surface area contributed by atoms with Gasteiger partial charge < -0.3 is 14.2 Å². The third-order valence-electron chi connectivity index (χ3n) is 11.2. The molecule has 0 aromatic heterocycles. The fourth-order valence-electron chi connectivity index (χ4n) is 7.46. The van der Waals surface area contributed by atoms with E-state index in [1.165, 1.54) is 161 Å². The van der Waals surface area contributed by atoms with E-state index in [1.807, 2.05) is 0 Å². The number of hydrogen-bond donors (Lipinski definition) is 0. The Morgan fingerprint density at radius 1 is 0.339 bits per heavy atom. The van der Waals surface area contributed by atoms with Crippen LogP contribution in [0.5, 0.6) is 0 Å². The van der Waals surface area contributed by atoms with Gasteiger partial charge in [-0.25, -0.2) is 0 Å². The second-order valence-electron chi connectivity index (χ2n) is 18.1. The van der Waals surface area contributed by atoms with Crippen LogP contribution in [0.25, 0.3) is 0 Å². The highest BCUT2D eigenvalue weighted by Gasteiger charge is 2.19. The molecule has 0 heterocycles. The van der Waals surface area contributed by atoms with Gasteiger partial charge >= 0.3 is 17.9 Å². The summed E-state index contributed by atoms with van der Waals surface area (Å²) in [5.41, 5.74) is 0. The first-order chi connectivity index (χ1) is 27.2. The van der Waals surface area contributed by atoms with Gasteiger partial charge in [0.1, 0.15) is 13.2 Å². The monoisotopic (exact) mass is 793 g/mol. The zero-order chi connectivity index (χ0) is 41.2. The Morgan fingerprint density at radius 2 is 0.589 bits per heavy atom. The van der Waals surface area contributed by atoms with E-state index in [0.29, 0.717) is 19.3 Å². The van der Waals surface area contributed by atoms with Crippen LogP contribution in [-0.4, -0.2) is 37.2 Å². The van der Waals surface area contributed by atoms with E-state index < -0.39 is 6.10 Å². The van der Waals surface area contributed by atoms with E-state index in [-0.39, 0.29) is 31.1 Å². The largest absolute Gasteiger partial charge is 0.462 e. The summed E-state index contributed by atoms with van der Waals surface area (Å²) in [5, 5.41) is 0. The van der Waals surface area contributed by atoms with Crippen LogP contribution >= 0.6 is 0 Å². The number of carbonyl (C=O) groups excluding carboxylic acids is 3. The molecule has 1 atom stereocenters. The molecule has 0 saturated carbocycles. The van der Waals surface area contributed by atoms with Crippen LogP contribution in [0.3, 0.4) is 0 Å². The summed E-state index contributed by atoms with van der Waals surface area (Å²) in [7, 11) is 0. The minimum atomic E-state index is -0.760. The normalized spacial score (nSPS) is 12.1. The lowest BCUT2D eigenvalue weighted by molar-refractivity contribution is -0.167. The van der Waals surface area contributed by atoms with Crippen LogP contribution < -0.4 is 0 Å². The fraction of sp³-hybridized carbons (Fsp3) is 0.940. The summed E-state index contributed by atoms with van der Waals surface area (Å²) in [6.45, 7) is 11.3. The van der Waals surface area contributed by atoms with Gasteiger partial charge in [-0.15, -0.1) is 0 Å². The van der Waals surface area contributed by atoms with Crippen molar-refractivity contribution in [1.29, 1.82) is 0 Å². The van der Waals surface area contributed by atoms with Crippen molar-refractivity contribution in [3.63, 3.8) is 0 Å². The molecule has 6 nitrogen and oxygen atoms in total. The molecule has 0 saturated heterocycles. The smallest absolute Gasteiger partial charge is 0.306 e. The van der Waals surface area contributed by atoms with Crippen LogP contribution in [-0.2, 0) is 28.6 Å². The highest BCUT2D eigenvalue weighted by atomic mass is 16.6. The second kappa shape index (κ2) is 43.0. The molecule has 332 valence electrons. The van der Waals surface area contributed by atoms with Crippen molar-refractivity contribution in [2.45, 2.75) is 278 Å². The molecule has 0 aliphatic carbocycles. The van der Waals surface area contributed by atoms with Gasteiger partial charge in [0.15, 0.2) is 6.10 Å². The van der Waals surface area contributed by atoms with Crippen LogP contribution in [0.4, 0.5) is 0 Å². The lowest BCUT2D eigenvalue weighted by Gasteiger charge is -2.18. The van der Waals surface area contributed by atoms with E-state index in [1.54, 1.807) is 0 Å². The zero-order valence-electron chi connectivity index (χ0n) is 38.3. The molecule has 0 N–H and O–H groups in total. The SMILES string of the molecule is CCCCCCCCCCCCC(=O)OC[C@@H](COC(=O)CCCCCCCCCCCCCCCC(C)C)OC(=O)CCCCCCCCCCCC(C)C. The van der Waals surface area contributed by atoms with Crippen molar-refractivity contribution in [3.05, 3.63) is 0 Å². The van der Waals surface area contributed by atoms with Gasteiger partial charge in [0, 0.05) is 19.3 Å². The predicted molar refractivity (Wildman–Crippen MR) is 238 cm³/mol. The number of rotatable bonds is 44. The number of ether oxygens (including phenoxy) is 3. The topological polar surface area (TPSA) is 78.9 Å². The lowest BCUT2D eigenvalue weighted by Crippen LogP contribution is -2.30. The Morgan fingerprint density at radius 3 is 0.875 bits per heavy atom. The molecular weight excluding hydrogens is 697 g/mol. The third-order valence-corrected chi connectivity index (χ3v) is 11.2. The standard InChI is InChI=1S/C50H96O6/c1-6-7-8-9-10-11-20-25-30-35-40-48(51)54-43-47(56-50(53)42-37-32-27-22-17-19-24-29-34-39-46(4)5)44-55-49(52)41-36-31-26-21-16-14-12-13-15-18-23-28-33-38-45(2)3/h45-47H,6-44H2,1-5H3/t47-/m0/s1. The quantitative estimate of drug-likeness (QED) is 0.0347. The summed E-state index contributed by atoms with van der Waals surface area (Å²) in [4.78, 5) is 37.8. The maximum Gasteiger partial charge on any atom is 0.306 e. The lowest BCUT2D eigenvalue weighted by atomic mass is 10.0. The average molecular weight is 793 g/mol. The number of hydrogen-bond acceptors (Lipinski definition) is 6. The fourth-order valence-corrected chi connectivity index (χ4v) is 7.46. The molecule has 0 aliphatic rings. The van der Waals surface area contributed by atoms with Crippen LogP contribution in [0, 0.1) is 11.8 Å². The third kappa shape index (κ3) is 43.5. The first kappa shape index (κ1) is 54.4. The number of unbranched alkanes of at least 4 members (excludes halogenated alkanes) is 29. The average Bonchev–Trinajstić information content (AvgIpc) is 3.16. The van der Waals surface area contributed by atoms with Crippen molar-refractivity contribution in [3.8, 4) is 0 Å². The molecule has 0 aromatic carbocycles. The van der Waals surface area contributed by atoms with E-state index >= 15 is 0 Å². The summed E-state index contributed by atoms with van der Waals surface area (Å²) in [6.07, 6.45) is 42.3. The van der Waals surface area contributed by atoms with Crippen molar-refractivity contribution in [2.75, 3.05) is 13.2 Å². The molecule has 0 spiro atoms. The van der Waals surface area contributed by atoms with Gasteiger partial charge in [-0.05, 0) is 31.1 Å². The van der Waals surface area contributed by atoms with Gasteiger partial charge in [-0.1, -0.05) is 234 Å². The van der Waals surface area contributed by atoms with E-state index in [4.69, 9.17) is 14.2 Å². The molecule has 0 amide bonds. The zero-order valence-corrected chi connectivity index (χ0v) is 38.3. The van der Waals surface area contributed by atoms with E-state index in [0.717, 1.165) is 69.6 Å². The Bertz CT molecular complexity index is 854. The van der Waals surface area contributed by atoms with Gasteiger partial charge in [-0.3, -0.25) is 14.4 Å². The Labute approximate surface area is 348 Å². The molecule has 0 radical (unpaired) electrons. The van der Waals surface area contributed by atoms with Crippen molar-refractivity contribution < 1.29 is 28.6 Å². The molecule has 0 fully saturated rings. The minimum absolute atomic E-state index is 0.0643. The molecule has 0 rings (SSSR count). The van der Waals surface area contributed by atoms with Gasteiger partial charge in [0.2, 0.25) is 0 Å². The first-order valence-electron chi connectivity index (χ1n) is 24.7. The molecule has 0 unspecified atom stereocenters. The molecule has 0 aliphatic heterocycles. The highest BCUT2D eigenvalue weighted by molar-refractivity contribution is 5.71.